The zero-order chi connectivity index (χ0) is 10.9. The summed E-state index contributed by atoms with van der Waals surface area (Å²) < 4.78 is 26.2. The van der Waals surface area contributed by atoms with E-state index in [1.165, 1.54) is 6.07 Å². The summed E-state index contributed by atoms with van der Waals surface area (Å²) in [6.45, 7) is 3.72. The highest BCUT2D eigenvalue weighted by Gasteiger charge is 2.18. The molecule has 0 radical (unpaired) electrons. The molecule has 1 atom stereocenters. The van der Waals surface area contributed by atoms with Gasteiger partial charge in [-0.15, -0.1) is 0 Å². The predicted octanol–water partition coefficient (Wildman–Crippen LogP) is 3.27. The van der Waals surface area contributed by atoms with Crippen molar-refractivity contribution in [1.82, 2.24) is 0 Å². The van der Waals surface area contributed by atoms with Gasteiger partial charge in [0.05, 0.1) is 0 Å². The molecule has 1 aromatic rings. The van der Waals surface area contributed by atoms with E-state index in [0.717, 1.165) is 6.07 Å². The monoisotopic (exact) mass is 219 g/mol. The van der Waals surface area contributed by atoms with Gasteiger partial charge < -0.3 is 5.73 Å². The third-order valence-electron chi connectivity index (χ3n) is 2.14. The van der Waals surface area contributed by atoms with E-state index >= 15 is 0 Å². The van der Waals surface area contributed by atoms with Crippen molar-refractivity contribution in [2.75, 3.05) is 0 Å². The highest BCUT2D eigenvalue weighted by Crippen LogP contribution is 2.28. The molecule has 2 N–H and O–H groups in total. The van der Waals surface area contributed by atoms with Gasteiger partial charge in [-0.25, -0.2) is 8.78 Å². The summed E-state index contributed by atoms with van der Waals surface area (Å²) in [7, 11) is 0. The lowest BCUT2D eigenvalue weighted by molar-refractivity contribution is 0.480. The second-order valence-corrected chi connectivity index (χ2v) is 3.91. The minimum Gasteiger partial charge on any atom is -0.324 e. The maximum Gasteiger partial charge on any atom is 0.149 e. The van der Waals surface area contributed by atoms with Crippen molar-refractivity contribution in [1.29, 1.82) is 0 Å². The first-order valence-electron chi connectivity index (χ1n) is 4.34. The van der Waals surface area contributed by atoms with E-state index in [1.807, 2.05) is 13.8 Å². The average Bonchev–Trinajstić information content (AvgIpc) is 2.13. The third-order valence-corrected chi connectivity index (χ3v) is 2.49. The molecule has 0 aliphatic rings. The summed E-state index contributed by atoms with van der Waals surface area (Å²) in [6, 6.07) is 2.00. The third kappa shape index (κ3) is 2.04. The molecule has 0 spiro atoms. The van der Waals surface area contributed by atoms with Crippen LogP contribution in [0.5, 0.6) is 0 Å². The quantitative estimate of drug-likeness (QED) is 0.759. The molecule has 1 rings (SSSR count). The smallest absolute Gasteiger partial charge is 0.149 e. The van der Waals surface area contributed by atoms with E-state index in [1.54, 1.807) is 0 Å². The summed E-state index contributed by atoms with van der Waals surface area (Å²) in [5, 5.41) is -0.487. The summed E-state index contributed by atoms with van der Waals surface area (Å²) in [5.74, 6) is -1.44. The van der Waals surface area contributed by atoms with Crippen molar-refractivity contribution in [3.05, 3.63) is 34.4 Å². The topological polar surface area (TPSA) is 26.0 Å². The van der Waals surface area contributed by atoms with Gasteiger partial charge in [-0.3, -0.25) is 0 Å². The standard InChI is InChI=1S/C10H12ClF2N/c1-5(2)10(14)6-3-4-7(12)8(11)9(6)13/h3-5,10H,14H2,1-2H3/t10-/m0/s1. The molecular weight excluding hydrogens is 208 g/mol. The van der Waals surface area contributed by atoms with Crippen LogP contribution in [0.15, 0.2) is 12.1 Å². The molecule has 0 saturated carbocycles. The van der Waals surface area contributed by atoms with Crippen LogP contribution in [0.1, 0.15) is 25.5 Å². The van der Waals surface area contributed by atoms with Crippen LogP contribution in [0.4, 0.5) is 8.78 Å². The van der Waals surface area contributed by atoms with Gasteiger partial charge in [0.1, 0.15) is 16.7 Å². The lowest BCUT2D eigenvalue weighted by Crippen LogP contribution is -2.18. The lowest BCUT2D eigenvalue weighted by atomic mass is 9.96. The molecule has 4 heteroatoms. The lowest BCUT2D eigenvalue weighted by Gasteiger charge is -2.17. The number of hydrogen-bond donors (Lipinski definition) is 1. The van der Waals surface area contributed by atoms with Crippen LogP contribution >= 0.6 is 11.6 Å². The number of rotatable bonds is 2. The summed E-state index contributed by atoms with van der Waals surface area (Å²) >= 11 is 5.43. The summed E-state index contributed by atoms with van der Waals surface area (Å²) in [4.78, 5) is 0. The van der Waals surface area contributed by atoms with Crippen LogP contribution in [0.2, 0.25) is 5.02 Å². The molecule has 0 bridgehead atoms. The van der Waals surface area contributed by atoms with Crippen LogP contribution in [0.25, 0.3) is 0 Å². The Labute approximate surface area is 86.9 Å². The normalized spacial score (nSPS) is 13.4. The SMILES string of the molecule is CC(C)[C@H](N)c1ccc(F)c(Cl)c1F. The Morgan fingerprint density at radius 2 is 1.86 bits per heavy atom. The fourth-order valence-electron chi connectivity index (χ4n) is 1.16. The Bertz CT molecular complexity index is 339. The van der Waals surface area contributed by atoms with Crippen LogP contribution in [-0.4, -0.2) is 0 Å². The first-order chi connectivity index (χ1) is 6.45. The van der Waals surface area contributed by atoms with E-state index < -0.39 is 22.7 Å². The highest BCUT2D eigenvalue weighted by molar-refractivity contribution is 6.30. The van der Waals surface area contributed by atoms with Crippen LogP contribution in [-0.2, 0) is 0 Å². The van der Waals surface area contributed by atoms with Crippen LogP contribution in [0.3, 0.4) is 0 Å². The number of halogens is 3. The van der Waals surface area contributed by atoms with Crippen molar-refractivity contribution in [3.63, 3.8) is 0 Å². The molecule has 0 unspecified atom stereocenters. The van der Waals surface area contributed by atoms with E-state index in [4.69, 9.17) is 17.3 Å². The van der Waals surface area contributed by atoms with Crippen molar-refractivity contribution < 1.29 is 8.78 Å². The molecule has 0 saturated heterocycles. The number of hydrogen-bond acceptors (Lipinski definition) is 1. The fraction of sp³-hybridized carbons (Fsp3) is 0.400. The molecule has 1 aromatic carbocycles. The van der Waals surface area contributed by atoms with Gasteiger partial charge in [0.2, 0.25) is 0 Å². The van der Waals surface area contributed by atoms with E-state index in [2.05, 4.69) is 0 Å². The number of nitrogens with two attached hydrogens (primary N) is 1. The fourth-order valence-corrected chi connectivity index (χ4v) is 1.33. The maximum absolute atomic E-state index is 13.4. The Morgan fingerprint density at radius 1 is 1.29 bits per heavy atom. The first-order valence-corrected chi connectivity index (χ1v) is 4.72. The van der Waals surface area contributed by atoms with Crippen molar-refractivity contribution >= 4 is 11.6 Å². The largest absolute Gasteiger partial charge is 0.324 e. The second kappa shape index (κ2) is 4.24. The average molecular weight is 220 g/mol. The molecule has 1 nitrogen and oxygen atoms in total. The summed E-state index contributed by atoms with van der Waals surface area (Å²) in [5.41, 5.74) is 5.99. The Kier molecular flexibility index (Phi) is 3.45. The Balaban J connectivity index is 3.17. The molecule has 0 aliphatic carbocycles. The highest BCUT2D eigenvalue weighted by atomic mass is 35.5. The van der Waals surface area contributed by atoms with Crippen molar-refractivity contribution in [3.8, 4) is 0 Å². The molecule has 0 fully saturated rings. The minimum absolute atomic E-state index is 0.0750. The van der Waals surface area contributed by atoms with E-state index in [9.17, 15) is 8.78 Å². The zero-order valence-electron chi connectivity index (χ0n) is 8.02. The van der Waals surface area contributed by atoms with E-state index in [0.29, 0.717) is 0 Å². The second-order valence-electron chi connectivity index (χ2n) is 3.53. The molecule has 14 heavy (non-hydrogen) atoms. The van der Waals surface area contributed by atoms with Crippen molar-refractivity contribution in [2.24, 2.45) is 11.7 Å². The van der Waals surface area contributed by atoms with Gasteiger partial charge in [-0.1, -0.05) is 31.5 Å². The first kappa shape index (κ1) is 11.4. The van der Waals surface area contributed by atoms with Gasteiger partial charge in [0, 0.05) is 11.6 Å². The molecule has 0 aromatic heterocycles. The number of benzene rings is 1. The van der Waals surface area contributed by atoms with Gasteiger partial charge >= 0.3 is 0 Å². The molecule has 0 aliphatic heterocycles. The zero-order valence-corrected chi connectivity index (χ0v) is 8.78. The maximum atomic E-state index is 13.4. The minimum atomic E-state index is -0.760. The molecule has 0 heterocycles. The van der Waals surface area contributed by atoms with E-state index in [-0.39, 0.29) is 11.5 Å². The van der Waals surface area contributed by atoms with Gasteiger partial charge in [0.25, 0.3) is 0 Å². The Hall–Kier alpha value is -0.670. The van der Waals surface area contributed by atoms with Gasteiger partial charge in [0.15, 0.2) is 0 Å². The Morgan fingerprint density at radius 3 is 2.36 bits per heavy atom. The predicted molar refractivity (Wildman–Crippen MR) is 53.1 cm³/mol. The van der Waals surface area contributed by atoms with Gasteiger partial charge in [-0.2, -0.15) is 0 Å². The molecular formula is C10H12ClF2N. The van der Waals surface area contributed by atoms with Gasteiger partial charge in [-0.05, 0) is 12.0 Å². The molecule has 0 amide bonds. The summed E-state index contributed by atoms with van der Waals surface area (Å²) in [6.07, 6.45) is 0. The van der Waals surface area contributed by atoms with Crippen LogP contribution < -0.4 is 5.73 Å². The van der Waals surface area contributed by atoms with Crippen molar-refractivity contribution in [2.45, 2.75) is 19.9 Å². The van der Waals surface area contributed by atoms with Crippen LogP contribution in [0, 0.1) is 17.6 Å². The molecule has 78 valence electrons.